The number of aliphatic carboxylic acids is 1. The number of pyridine rings is 1. The molecule has 0 unspecified atom stereocenters. The van der Waals surface area contributed by atoms with E-state index in [9.17, 15) is 19.7 Å². The van der Waals surface area contributed by atoms with Crippen LogP contribution in [0.4, 0.5) is 11.5 Å². The first-order valence-electron chi connectivity index (χ1n) is 5.53. The number of carboxylic acids is 1. The summed E-state index contributed by atoms with van der Waals surface area (Å²) in [5.41, 5.74) is -0.402. The number of hydrogen-bond acceptors (Lipinski definition) is 7. The van der Waals surface area contributed by atoms with E-state index in [1.165, 1.54) is 25.1 Å². The normalized spacial score (nSPS) is 9.90. The van der Waals surface area contributed by atoms with Crippen LogP contribution in [0.3, 0.4) is 0 Å². The van der Waals surface area contributed by atoms with E-state index in [2.05, 4.69) is 9.72 Å². The van der Waals surface area contributed by atoms with Crippen LogP contribution >= 0.6 is 0 Å². The van der Waals surface area contributed by atoms with Crippen LogP contribution in [0.5, 0.6) is 0 Å². The maximum absolute atomic E-state index is 11.4. The maximum atomic E-state index is 11.4. The van der Waals surface area contributed by atoms with E-state index in [0.717, 1.165) is 6.07 Å². The van der Waals surface area contributed by atoms with Crippen molar-refractivity contribution in [2.24, 2.45) is 0 Å². The Morgan fingerprint density at radius 1 is 1.50 bits per heavy atom. The summed E-state index contributed by atoms with van der Waals surface area (Å²) in [6.45, 7) is 0.0216. The van der Waals surface area contributed by atoms with Crippen molar-refractivity contribution in [3.8, 4) is 0 Å². The monoisotopic (exact) mass is 283 g/mol. The molecule has 1 N–H and O–H groups in total. The molecule has 0 aliphatic heterocycles. The number of hydrogen-bond donors (Lipinski definition) is 1. The Bertz CT molecular complexity index is 545. The first kappa shape index (κ1) is 15.3. The highest BCUT2D eigenvalue weighted by molar-refractivity contribution is 5.88. The van der Waals surface area contributed by atoms with Crippen LogP contribution in [0.25, 0.3) is 0 Å². The van der Waals surface area contributed by atoms with Gasteiger partial charge >= 0.3 is 17.6 Å². The molecule has 1 aromatic heterocycles. The van der Waals surface area contributed by atoms with Gasteiger partial charge in [0.05, 0.1) is 18.5 Å². The Labute approximate surface area is 113 Å². The van der Waals surface area contributed by atoms with Crippen LogP contribution in [0.2, 0.25) is 0 Å². The van der Waals surface area contributed by atoms with Gasteiger partial charge in [-0.05, 0) is 6.07 Å². The van der Waals surface area contributed by atoms with Gasteiger partial charge in [0.25, 0.3) is 0 Å². The number of ether oxygens (including phenoxy) is 1. The van der Waals surface area contributed by atoms with Crippen LogP contribution in [-0.2, 0) is 9.53 Å². The second-order valence-corrected chi connectivity index (χ2v) is 3.85. The fraction of sp³-hybridized carbons (Fsp3) is 0.364. The van der Waals surface area contributed by atoms with Gasteiger partial charge in [-0.1, -0.05) is 0 Å². The van der Waals surface area contributed by atoms with Crippen molar-refractivity contribution in [1.29, 1.82) is 0 Å². The third kappa shape index (κ3) is 3.64. The fourth-order valence-corrected chi connectivity index (χ4v) is 1.45. The number of aromatic nitrogens is 1. The molecule has 9 heteroatoms. The first-order valence-corrected chi connectivity index (χ1v) is 5.53. The molecule has 20 heavy (non-hydrogen) atoms. The van der Waals surface area contributed by atoms with E-state index in [0.29, 0.717) is 0 Å². The van der Waals surface area contributed by atoms with Crippen molar-refractivity contribution < 1.29 is 24.4 Å². The number of carbonyl (C=O) groups excluding carboxylic acids is 1. The summed E-state index contributed by atoms with van der Waals surface area (Å²) in [7, 11) is 2.62. The Hall–Kier alpha value is -2.71. The third-order valence-corrected chi connectivity index (χ3v) is 2.47. The molecule has 1 heterocycles. The van der Waals surface area contributed by atoms with Crippen molar-refractivity contribution in [2.75, 3.05) is 25.6 Å². The second-order valence-electron chi connectivity index (χ2n) is 3.85. The number of nitrogens with zero attached hydrogens (tertiary/aromatic N) is 3. The van der Waals surface area contributed by atoms with Gasteiger partial charge in [0.2, 0.25) is 5.82 Å². The molecule has 0 aromatic carbocycles. The lowest BCUT2D eigenvalue weighted by Crippen LogP contribution is -2.24. The zero-order chi connectivity index (χ0) is 15.3. The zero-order valence-corrected chi connectivity index (χ0v) is 10.9. The molecule has 0 bridgehead atoms. The number of nitro groups is 1. The smallest absolute Gasteiger partial charge is 0.356 e. The minimum absolute atomic E-state index is 0.0216. The Morgan fingerprint density at radius 2 is 2.15 bits per heavy atom. The number of carboxylic acid groups (broad SMARTS) is 1. The molecule has 0 saturated carbocycles. The topological polar surface area (TPSA) is 123 Å². The van der Waals surface area contributed by atoms with Gasteiger partial charge in [-0.3, -0.25) is 14.9 Å². The predicted octanol–water partition coefficient (Wildman–Crippen LogP) is 0.687. The number of anilines is 1. The predicted molar refractivity (Wildman–Crippen MR) is 67.8 cm³/mol. The number of rotatable bonds is 6. The molecule has 0 aliphatic rings. The van der Waals surface area contributed by atoms with Crippen molar-refractivity contribution >= 4 is 23.4 Å². The van der Waals surface area contributed by atoms with Crippen molar-refractivity contribution in [2.45, 2.75) is 6.42 Å². The minimum atomic E-state index is -1.04. The van der Waals surface area contributed by atoms with E-state index < -0.39 is 16.9 Å². The molecule has 0 fully saturated rings. The molecule has 0 saturated heterocycles. The Balaban J connectivity index is 3.14. The molecule has 0 spiro atoms. The Kier molecular flexibility index (Phi) is 4.95. The molecule has 9 nitrogen and oxygen atoms in total. The summed E-state index contributed by atoms with van der Waals surface area (Å²) in [4.78, 5) is 37.3. The quantitative estimate of drug-likeness (QED) is 0.459. The highest BCUT2D eigenvalue weighted by Gasteiger charge is 2.22. The largest absolute Gasteiger partial charge is 0.481 e. The summed E-state index contributed by atoms with van der Waals surface area (Å²) >= 11 is 0. The molecule has 0 aliphatic carbocycles. The van der Waals surface area contributed by atoms with Crippen LogP contribution in [0.15, 0.2) is 12.1 Å². The minimum Gasteiger partial charge on any atom is -0.481 e. The van der Waals surface area contributed by atoms with Gasteiger partial charge in [0.15, 0.2) is 5.69 Å². The highest BCUT2D eigenvalue weighted by atomic mass is 16.6. The van der Waals surface area contributed by atoms with Gasteiger partial charge in [0, 0.05) is 19.7 Å². The fourth-order valence-electron chi connectivity index (χ4n) is 1.45. The average molecular weight is 283 g/mol. The van der Waals surface area contributed by atoms with Gasteiger partial charge in [0.1, 0.15) is 0 Å². The molecule has 0 radical (unpaired) electrons. The molecular weight excluding hydrogens is 270 g/mol. The summed E-state index contributed by atoms with van der Waals surface area (Å²) in [6, 6.07) is 2.31. The van der Waals surface area contributed by atoms with Crippen LogP contribution in [-0.4, -0.2) is 47.7 Å². The molecule has 1 rings (SSSR count). The van der Waals surface area contributed by atoms with Crippen LogP contribution in [0.1, 0.15) is 16.9 Å². The van der Waals surface area contributed by atoms with E-state index in [-0.39, 0.29) is 30.2 Å². The van der Waals surface area contributed by atoms with Gasteiger partial charge in [-0.15, -0.1) is 0 Å². The lowest BCUT2D eigenvalue weighted by Gasteiger charge is -2.17. The maximum Gasteiger partial charge on any atom is 0.356 e. The van der Waals surface area contributed by atoms with Crippen molar-refractivity contribution in [3.63, 3.8) is 0 Å². The lowest BCUT2D eigenvalue weighted by atomic mass is 10.3. The summed E-state index contributed by atoms with van der Waals surface area (Å²) in [5.74, 6) is -1.85. The molecule has 108 valence electrons. The average Bonchev–Trinajstić information content (AvgIpc) is 2.42. The molecule has 0 amide bonds. The van der Waals surface area contributed by atoms with E-state index in [4.69, 9.17) is 5.11 Å². The molecule has 1 aromatic rings. The first-order chi connectivity index (χ1) is 9.36. The SMILES string of the molecule is COC(=O)c1ccc([N+](=O)[O-])c(N(C)CCC(=O)O)n1. The van der Waals surface area contributed by atoms with E-state index >= 15 is 0 Å². The number of esters is 1. The standard InChI is InChI=1S/C11H13N3O6/c1-13(6-5-9(15)16)10-8(14(18)19)4-3-7(12-10)11(17)20-2/h3-4H,5-6H2,1-2H3,(H,15,16). The van der Waals surface area contributed by atoms with Crippen molar-refractivity contribution in [3.05, 3.63) is 27.9 Å². The zero-order valence-electron chi connectivity index (χ0n) is 10.9. The highest BCUT2D eigenvalue weighted by Crippen LogP contribution is 2.25. The third-order valence-electron chi connectivity index (χ3n) is 2.47. The summed E-state index contributed by atoms with van der Waals surface area (Å²) in [5, 5.41) is 19.5. The van der Waals surface area contributed by atoms with Gasteiger partial charge in [-0.25, -0.2) is 9.78 Å². The lowest BCUT2D eigenvalue weighted by molar-refractivity contribution is -0.384. The molecule has 0 atom stereocenters. The van der Waals surface area contributed by atoms with Crippen LogP contribution in [0, 0.1) is 10.1 Å². The van der Waals surface area contributed by atoms with E-state index in [1.54, 1.807) is 0 Å². The molecular formula is C11H13N3O6. The summed E-state index contributed by atoms with van der Waals surface area (Å²) in [6.07, 6.45) is -0.211. The Morgan fingerprint density at radius 3 is 2.65 bits per heavy atom. The second kappa shape index (κ2) is 6.45. The van der Waals surface area contributed by atoms with Gasteiger partial charge < -0.3 is 14.7 Å². The van der Waals surface area contributed by atoms with Gasteiger partial charge in [-0.2, -0.15) is 0 Å². The number of methoxy groups -OCH3 is 1. The van der Waals surface area contributed by atoms with E-state index in [1.807, 2.05) is 0 Å². The summed E-state index contributed by atoms with van der Waals surface area (Å²) < 4.78 is 4.49. The number of carbonyl (C=O) groups is 2. The van der Waals surface area contributed by atoms with Crippen LogP contribution < -0.4 is 4.90 Å². The van der Waals surface area contributed by atoms with Crippen molar-refractivity contribution in [1.82, 2.24) is 4.98 Å².